The number of hydrogen-bond acceptors (Lipinski definition) is 5. The van der Waals surface area contributed by atoms with Gasteiger partial charge in [-0.05, 0) is 25.5 Å². The van der Waals surface area contributed by atoms with Gasteiger partial charge in [-0.25, -0.2) is 13.4 Å². The lowest BCUT2D eigenvalue weighted by molar-refractivity contribution is -0.117. The van der Waals surface area contributed by atoms with Crippen LogP contribution in [0.25, 0.3) is 6.08 Å². The van der Waals surface area contributed by atoms with Crippen LogP contribution in [0.15, 0.2) is 17.7 Å². The monoisotopic (exact) mass is 341 g/mol. The fourth-order valence-corrected chi connectivity index (χ4v) is 3.90. The van der Waals surface area contributed by atoms with Gasteiger partial charge in [0.25, 0.3) is 5.91 Å². The SMILES string of the molecule is C[C@H]1C/C(=C/c2ccc(O)c(N3CC(=O)NS3(=O)=O)c2F)CN1. The van der Waals surface area contributed by atoms with Crippen molar-refractivity contribution in [2.75, 3.05) is 17.4 Å². The fraction of sp³-hybridized carbons (Fsp3) is 0.357. The van der Waals surface area contributed by atoms with Crippen LogP contribution in [0.5, 0.6) is 5.75 Å². The van der Waals surface area contributed by atoms with Crippen molar-refractivity contribution < 1.29 is 22.7 Å². The van der Waals surface area contributed by atoms with E-state index >= 15 is 0 Å². The molecule has 23 heavy (non-hydrogen) atoms. The van der Waals surface area contributed by atoms with Crippen molar-refractivity contribution in [3.8, 4) is 5.75 Å². The summed E-state index contributed by atoms with van der Waals surface area (Å²) in [4.78, 5) is 11.3. The highest BCUT2D eigenvalue weighted by Gasteiger charge is 2.37. The van der Waals surface area contributed by atoms with Crippen LogP contribution < -0.4 is 14.3 Å². The van der Waals surface area contributed by atoms with E-state index in [0.29, 0.717) is 16.9 Å². The Hall–Kier alpha value is -2.13. The summed E-state index contributed by atoms with van der Waals surface area (Å²) in [7, 11) is -4.19. The van der Waals surface area contributed by atoms with Gasteiger partial charge >= 0.3 is 10.2 Å². The third-order valence-electron chi connectivity index (χ3n) is 3.80. The minimum Gasteiger partial charge on any atom is -0.506 e. The molecule has 3 N–H and O–H groups in total. The number of rotatable bonds is 2. The Bertz CT molecular complexity index is 806. The Morgan fingerprint density at radius 1 is 1.43 bits per heavy atom. The molecule has 2 fully saturated rings. The number of hydrogen-bond donors (Lipinski definition) is 3. The summed E-state index contributed by atoms with van der Waals surface area (Å²) in [5.41, 5.74) is 0.626. The summed E-state index contributed by atoms with van der Waals surface area (Å²) in [6, 6.07) is 2.89. The second-order valence-corrected chi connectivity index (χ2v) is 7.26. The first-order valence-corrected chi connectivity index (χ1v) is 8.49. The zero-order valence-corrected chi connectivity index (χ0v) is 13.2. The van der Waals surface area contributed by atoms with Crippen molar-refractivity contribution in [1.29, 1.82) is 0 Å². The van der Waals surface area contributed by atoms with E-state index in [1.807, 2.05) is 6.92 Å². The number of benzene rings is 1. The zero-order chi connectivity index (χ0) is 16.8. The molecule has 1 aromatic carbocycles. The summed E-state index contributed by atoms with van der Waals surface area (Å²) in [5, 5.41) is 13.1. The average molecular weight is 341 g/mol. The van der Waals surface area contributed by atoms with Gasteiger partial charge in [0, 0.05) is 18.2 Å². The van der Waals surface area contributed by atoms with Crippen LogP contribution in [-0.2, 0) is 15.0 Å². The summed E-state index contributed by atoms with van der Waals surface area (Å²) in [6.07, 6.45) is 2.39. The van der Waals surface area contributed by atoms with Crippen molar-refractivity contribution in [2.24, 2.45) is 0 Å². The average Bonchev–Trinajstić information content (AvgIpc) is 2.96. The highest BCUT2D eigenvalue weighted by Crippen LogP contribution is 2.36. The molecule has 0 radical (unpaired) electrons. The summed E-state index contributed by atoms with van der Waals surface area (Å²) in [5.74, 6) is -2.19. The smallest absolute Gasteiger partial charge is 0.326 e. The lowest BCUT2D eigenvalue weighted by atomic mass is 10.1. The predicted molar refractivity (Wildman–Crippen MR) is 82.5 cm³/mol. The number of nitrogens with zero attached hydrogens (tertiary/aromatic N) is 1. The first kappa shape index (κ1) is 15.8. The van der Waals surface area contributed by atoms with Gasteiger partial charge in [0.2, 0.25) is 0 Å². The van der Waals surface area contributed by atoms with Crippen LogP contribution in [0.2, 0.25) is 0 Å². The van der Waals surface area contributed by atoms with Gasteiger partial charge in [0.1, 0.15) is 18.0 Å². The van der Waals surface area contributed by atoms with Gasteiger partial charge in [-0.2, -0.15) is 8.42 Å². The molecule has 2 saturated heterocycles. The number of phenols is 1. The highest BCUT2D eigenvalue weighted by molar-refractivity contribution is 7.92. The first-order chi connectivity index (χ1) is 10.8. The lowest BCUT2D eigenvalue weighted by Gasteiger charge is -2.18. The molecule has 0 unspecified atom stereocenters. The number of carbonyl (C=O) groups is 1. The second-order valence-electron chi connectivity index (χ2n) is 5.66. The van der Waals surface area contributed by atoms with Crippen molar-refractivity contribution in [3.63, 3.8) is 0 Å². The molecule has 1 atom stereocenters. The van der Waals surface area contributed by atoms with Crippen LogP contribution in [0.1, 0.15) is 18.9 Å². The fourth-order valence-electron chi connectivity index (χ4n) is 2.74. The second kappa shape index (κ2) is 5.50. The van der Waals surface area contributed by atoms with Gasteiger partial charge in [-0.15, -0.1) is 0 Å². The minimum absolute atomic E-state index is 0.165. The van der Waals surface area contributed by atoms with Crippen LogP contribution in [0.4, 0.5) is 10.1 Å². The quantitative estimate of drug-likeness (QED) is 0.727. The molecular formula is C14H16FN3O4S. The standard InChI is InChI=1S/C14H16FN3O4S/c1-8-4-9(6-16-8)5-10-2-3-11(19)14(13(10)15)18-7-12(20)17-23(18,21)22/h2-3,5,8,16,19H,4,6-7H2,1H3,(H,17,20)/b9-5-/t8-/m0/s1. The summed E-state index contributed by atoms with van der Waals surface area (Å²) in [6.45, 7) is 2.07. The van der Waals surface area contributed by atoms with E-state index in [1.54, 1.807) is 10.8 Å². The highest BCUT2D eigenvalue weighted by atomic mass is 32.2. The molecule has 2 heterocycles. The Balaban J connectivity index is 2.05. The molecule has 0 spiro atoms. The minimum atomic E-state index is -4.19. The summed E-state index contributed by atoms with van der Waals surface area (Å²) >= 11 is 0. The molecule has 3 rings (SSSR count). The molecule has 124 valence electrons. The van der Waals surface area contributed by atoms with Crippen LogP contribution in [0.3, 0.4) is 0 Å². The van der Waals surface area contributed by atoms with E-state index in [4.69, 9.17) is 0 Å². The maximum atomic E-state index is 14.7. The molecule has 1 amide bonds. The van der Waals surface area contributed by atoms with Gasteiger partial charge in [-0.3, -0.25) is 4.79 Å². The number of halogens is 1. The largest absolute Gasteiger partial charge is 0.506 e. The van der Waals surface area contributed by atoms with Crippen molar-refractivity contribution >= 4 is 27.9 Å². The van der Waals surface area contributed by atoms with E-state index < -0.39 is 39.9 Å². The third kappa shape index (κ3) is 2.89. The molecule has 2 aliphatic rings. The molecule has 7 nitrogen and oxygen atoms in total. The van der Waals surface area contributed by atoms with Crippen molar-refractivity contribution in [1.82, 2.24) is 10.0 Å². The van der Waals surface area contributed by atoms with E-state index in [-0.39, 0.29) is 5.56 Å². The number of nitrogens with one attached hydrogen (secondary N) is 2. The van der Waals surface area contributed by atoms with Crippen molar-refractivity contribution in [3.05, 3.63) is 29.1 Å². The predicted octanol–water partition coefficient (Wildman–Crippen LogP) is 0.477. The van der Waals surface area contributed by atoms with Crippen molar-refractivity contribution in [2.45, 2.75) is 19.4 Å². The molecule has 2 aliphatic heterocycles. The molecule has 0 saturated carbocycles. The number of aromatic hydroxyl groups is 1. The molecule has 0 aliphatic carbocycles. The zero-order valence-electron chi connectivity index (χ0n) is 12.3. The van der Waals surface area contributed by atoms with Gasteiger partial charge in [0.05, 0.1) is 0 Å². The van der Waals surface area contributed by atoms with Crippen LogP contribution in [0, 0.1) is 5.82 Å². The molecule has 1 aromatic rings. The van der Waals surface area contributed by atoms with Gasteiger partial charge < -0.3 is 10.4 Å². The van der Waals surface area contributed by atoms with Crippen LogP contribution >= 0.6 is 0 Å². The number of amides is 1. The third-order valence-corrected chi connectivity index (χ3v) is 5.18. The van der Waals surface area contributed by atoms with Gasteiger partial charge in [0.15, 0.2) is 5.82 Å². The molecular weight excluding hydrogens is 325 g/mol. The molecule has 0 bridgehead atoms. The topological polar surface area (TPSA) is 98.7 Å². The number of carbonyl (C=O) groups excluding carboxylic acids is 1. The van der Waals surface area contributed by atoms with Gasteiger partial charge in [-0.1, -0.05) is 11.6 Å². The lowest BCUT2D eigenvalue weighted by Crippen LogP contribution is -2.30. The van der Waals surface area contributed by atoms with E-state index in [1.165, 1.54) is 12.1 Å². The summed E-state index contributed by atoms with van der Waals surface area (Å²) < 4.78 is 40.8. The Morgan fingerprint density at radius 3 is 2.74 bits per heavy atom. The number of phenolic OH excluding ortho intramolecular Hbond substituents is 1. The van der Waals surface area contributed by atoms with E-state index in [2.05, 4.69) is 5.32 Å². The molecule has 9 heteroatoms. The number of anilines is 1. The Kier molecular flexibility index (Phi) is 3.77. The Morgan fingerprint density at radius 2 is 2.17 bits per heavy atom. The van der Waals surface area contributed by atoms with E-state index in [9.17, 15) is 22.7 Å². The first-order valence-electron chi connectivity index (χ1n) is 7.05. The maximum Gasteiger partial charge on any atom is 0.326 e. The van der Waals surface area contributed by atoms with Crippen LogP contribution in [-0.4, -0.2) is 38.6 Å². The maximum absolute atomic E-state index is 14.7. The molecule has 0 aromatic heterocycles. The Labute approximate surface area is 133 Å². The van der Waals surface area contributed by atoms with E-state index in [0.717, 1.165) is 12.0 Å². The normalized spacial score (nSPS) is 25.1.